The molecule has 0 radical (unpaired) electrons. The highest BCUT2D eigenvalue weighted by Gasteiger charge is 2.06. The fourth-order valence-corrected chi connectivity index (χ4v) is 1.80. The Morgan fingerprint density at radius 2 is 1.78 bits per heavy atom. The smallest absolute Gasteiger partial charge is 0.322 e. The summed E-state index contributed by atoms with van der Waals surface area (Å²) in [6, 6.07) is 14.0. The predicted octanol–water partition coefficient (Wildman–Crippen LogP) is 2.26. The quantitative estimate of drug-likeness (QED) is 0.801. The molecule has 2 aromatic carbocycles. The number of nitrogens with zero attached hydrogens (tertiary/aromatic N) is 1. The van der Waals surface area contributed by atoms with E-state index in [1.54, 1.807) is 37.6 Å². The zero-order valence-electron chi connectivity index (χ0n) is 12.5. The molecule has 6 heteroatoms. The summed E-state index contributed by atoms with van der Waals surface area (Å²) in [4.78, 5) is 26.4. The molecule has 0 saturated carbocycles. The Labute approximate surface area is 133 Å². The number of ether oxygens (including phenoxy) is 1. The molecule has 0 aliphatic carbocycles. The number of aliphatic imine (C=N–C) groups is 1. The number of carboxylic acid groups (broad SMARTS) is 1. The van der Waals surface area contributed by atoms with Crippen LogP contribution in [0.25, 0.3) is 0 Å². The molecule has 0 spiro atoms. The Morgan fingerprint density at radius 1 is 1.13 bits per heavy atom. The van der Waals surface area contributed by atoms with E-state index in [4.69, 9.17) is 9.84 Å². The van der Waals surface area contributed by atoms with Crippen LogP contribution in [-0.4, -0.2) is 36.9 Å². The number of methoxy groups -OCH3 is 1. The summed E-state index contributed by atoms with van der Waals surface area (Å²) in [6.45, 7) is -0.407. The van der Waals surface area contributed by atoms with E-state index in [9.17, 15) is 9.59 Å². The molecule has 2 rings (SSSR count). The molecule has 118 valence electrons. The van der Waals surface area contributed by atoms with Crippen LogP contribution in [0.5, 0.6) is 5.75 Å². The van der Waals surface area contributed by atoms with Gasteiger partial charge in [-0.3, -0.25) is 14.6 Å². The average molecular weight is 312 g/mol. The molecule has 0 atom stereocenters. The summed E-state index contributed by atoms with van der Waals surface area (Å²) in [5, 5.41) is 10.8. The monoisotopic (exact) mass is 312 g/mol. The minimum Gasteiger partial charge on any atom is -0.497 e. The van der Waals surface area contributed by atoms with Crippen LogP contribution in [0.1, 0.15) is 15.9 Å². The first-order valence-electron chi connectivity index (χ1n) is 6.86. The lowest BCUT2D eigenvalue weighted by Crippen LogP contribution is -2.29. The number of amides is 1. The summed E-state index contributed by atoms with van der Waals surface area (Å²) in [6.07, 6.45) is 1.71. The maximum Gasteiger partial charge on any atom is 0.322 e. The second-order valence-corrected chi connectivity index (χ2v) is 4.65. The second kappa shape index (κ2) is 7.74. The van der Waals surface area contributed by atoms with Crippen LogP contribution >= 0.6 is 0 Å². The number of nitrogens with one attached hydrogen (secondary N) is 1. The molecule has 1 amide bonds. The number of rotatable bonds is 6. The van der Waals surface area contributed by atoms with Crippen LogP contribution in [0, 0.1) is 0 Å². The van der Waals surface area contributed by atoms with E-state index in [0.717, 1.165) is 11.3 Å². The van der Waals surface area contributed by atoms with E-state index in [1.165, 1.54) is 0 Å². The van der Waals surface area contributed by atoms with Crippen molar-refractivity contribution in [2.45, 2.75) is 0 Å². The van der Waals surface area contributed by atoms with Gasteiger partial charge in [0, 0.05) is 11.8 Å². The van der Waals surface area contributed by atoms with Gasteiger partial charge in [0.1, 0.15) is 12.3 Å². The fourth-order valence-electron chi connectivity index (χ4n) is 1.80. The molecule has 0 fully saturated rings. The zero-order valence-corrected chi connectivity index (χ0v) is 12.5. The van der Waals surface area contributed by atoms with Gasteiger partial charge < -0.3 is 15.2 Å². The van der Waals surface area contributed by atoms with Crippen LogP contribution in [-0.2, 0) is 4.79 Å². The first-order chi connectivity index (χ1) is 11.1. The summed E-state index contributed by atoms with van der Waals surface area (Å²) >= 11 is 0. The first-order valence-corrected chi connectivity index (χ1v) is 6.86. The molecule has 2 aromatic rings. The third kappa shape index (κ3) is 4.96. The van der Waals surface area contributed by atoms with Crippen LogP contribution in [0.15, 0.2) is 53.5 Å². The molecular weight excluding hydrogens is 296 g/mol. The number of benzene rings is 2. The molecule has 0 unspecified atom stereocenters. The molecule has 2 N–H and O–H groups in total. The van der Waals surface area contributed by atoms with Gasteiger partial charge in [-0.15, -0.1) is 0 Å². The highest BCUT2D eigenvalue weighted by atomic mass is 16.5. The van der Waals surface area contributed by atoms with Crippen molar-refractivity contribution in [1.82, 2.24) is 5.32 Å². The van der Waals surface area contributed by atoms with Gasteiger partial charge in [0.05, 0.1) is 12.8 Å². The Morgan fingerprint density at radius 3 is 2.35 bits per heavy atom. The molecule has 0 aliphatic rings. The Hall–Kier alpha value is -3.15. The normalized spacial score (nSPS) is 10.5. The Bertz CT molecular complexity index is 706. The van der Waals surface area contributed by atoms with Gasteiger partial charge in [-0.2, -0.15) is 0 Å². The largest absolute Gasteiger partial charge is 0.497 e. The standard InChI is InChI=1S/C17H16N2O4/c1-23-15-8-2-12(3-9-15)10-18-14-6-4-13(5-7-14)17(22)19-11-16(20)21/h2-10H,11H2,1H3,(H,19,22)(H,20,21). The number of aliphatic carboxylic acids is 1. The molecule has 6 nitrogen and oxygen atoms in total. The fraction of sp³-hybridized carbons (Fsp3) is 0.118. The van der Waals surface area contributed by atoms with Crippen molar-refractivity contribution in [1.29, 1.82) is 0 Å². The Kier molecular flexibility index (Phi) is 5.46. The maximum atomic E-state index is 11.7. The van der Waals surface area contributed by atoms with E-state index >= 15 is 0 Å². The number of carboxylic acids is 1. The molecule has 0 bridgehead atoms. The highest BCUT2D eigenvalue weighted by Crippen LogP contribution is 2.14. The van der Waals surface area contributed by atoms with E-state index < -0.39 is 18.4 Å². The summed E-state index contributed by atoms with van der Waals surface area (Å²) in [5.41, 5.74) is 2.00. The number of hydrogen-bond acceptors (Lipinski definition) is 4. The van der Waals surface area contributed by atoms with Crippen molar-refractivity contribution >= 4 is 23.8 Å². The summed E-state index contributed by atoms with van der Waals surface area (Å²) in [7, 11) is 1.61. The van der Waals surface area contributed by atoms with E-state index in [-0.39, 0.29) is 0 Å². The van der Waals surface area contributed by atoms with Crippen LogP contribution in [0.3, 0.4) is 0 Å². The van der Waals surface area contributed by atoms with Gasteiger partial charge in [-0.1, -0.05) is 0 Å². The topological polar surface area (TPSA) is 88.0 Å². The van der Waals surface area contributed by atoms with Gasteiger partial charge in [-0.25, -0.2) is 0 Å². The lowest BCUT2D eigenvalue weighted by Gasteiger charge is -2.02. The first kappa shape index (κ1) is 16.2. The van der Waals surface area contributed by atoms with E-state index in [1.807, 2.05) is 24.3 Å². The summed E-state index contributed by atoms with van der Waals surface area (Å²) in [5.74, 6) is -0.740. The molecule has 0 aromatic heterocycles. The minimum absolute atomic E-state index is 0.384. The minimum atomic E-state index is -1.08. The molecule has 0 saturated heterocycles. The highest BCUT2D eigenvalue weighted by molar-refractivity contribution is 5.96. The number of carbonyl (C=O) groups is 2. The van der Waals surface area contributed by atoms with Crippen molar-refractivity contribution in [3.8, 4) is 5.75 Å². The van der Waals surface area contributed by atoms with Crippen molar-refractivity contribution in [3.05, 3.63) is 59.7 Å². The van der Waals surface area contributed by atoms with Crippen LogP contribution < -0.4 is 10.1 Å². The van der Waals surface area contributed by atoms with Gasteiger partial charge in [-0.05, 0) is 54.1 Å². The molecule has 0 heterocycles. The average Bonchev–Trinajstić information content (AvgIpc) is 2.58. The SMILES string of the molecule is COc1ccc(C=Nc2ccc(C(=O)NCC(=O)O)cc2)cc1. The van der Waals surface area contributed by atoms with E-state index in [0.29, 0.717) is 11.3 Å². The number of hydrogen-bond donors (Lipinski definition) is 2. The summed E-state index contributed by atoms with van der Waals surface area (Å²) < 4.78 is 5.08. The molecule has 0 aliphatic heterocycles. The third-order valence-electron chi connectivity index (χ3n) is 3.01. The molecule has 23 heavy (non-hydrogen) atoms. The second-order valence-electron chi connectivity index (χ2n) is 4.65. The van der Waals surface area contributed by atoms with Gasteiger partial charge >= 0.3 is 5.97 Å². The molecular formula is C17H16N2O4. The van der Waals surface area contributed by atoms with Gasteiger partial charge in [0.2, 0.25) is 0 Å². The number of carbonyl (C=O) groups excluding carboxylic acids is 1. The van der Waals surface area contributed by atoms with Crippen molar-refractivity contribution < 1.29 is 19.4 Å². The van der Waals surface area contributed by atoms with Crippen molar-refractivity contribution in [2.24, 2.45) is 4.99 Å². The lowest BCUT2D eigenvalue weighted by molar-refractivity contribution is -0.135. The van der Waals surface area contributed by atoms with Crippen LogP contribution in [0.4, 0.5) is 5.69 Å². The van der Waals surface area contributed by atoms with Crippen molar-refractivity contribution in [2.75, 3.05) is 13.7 Å². The Balaban J connectivity index is 1.99. The maximum absolute atomic E-state index is 11.7. The van der Waals surface area contributed by atoms with E-state index in [2.05, 4.69) is 10.3 Å². The van der Waals surface area contributed by atoms with Crippen molar-refractivity contribution in [3.63, 3.8) is 0 Å². The lowest BCUT2D eigenvalue weighted by atomic mass is 10.2. The van der Waals surface area contributed by atoms with Gasteiger partial charge in [0.15, 0.2) is 0 Å². The van der Waals surface area contributed by atoms with Gasteiger partial charge in [0.25, 0.3) is 5.91 Å². The third-order valence-corrected chi connectivity index (χ3v) is 3.01. The predicted molar refractivity (Wildman–Crippen MR) is 86.7 cm³/mol. The zero-order chi connectivity index (χ0) is 16.7. The van der Waals surface area contributed by atoms with Crippen LogP contribution in [0.2, 0.25) is 0 Å².